The average molecular weight is 163 g/mol. The van der Waals surface area contributed by atoms with Gasteiger partial charge in [-0.1, -0.05) is 6.07 Å². The van der Waals surface area contributed by atoms with E-state index in [0.29, 0.717) is 0 Å². The zero-order valence-electron chi connectivity index (χ0n) is 7.29. The lowest BCUT2D eigenvalue weighted by Crippen LogP contribution is -2.21. The third-order valence-electron chi connectivity index (χ3n) is 2.36. The van der Waals surface area contributed by atoms with Gasteiger partial charge in [-0.05, 0) is 31.7 Å². The lowest BCUT2D eigenvalue weighted by Gasteiger charge is -2.03. The van der Waals surface area contributed by atoms with Gasteiger partial charge in [0.1, 0.15) is 0 Å². The minimum absolute atomic E-state index is 0.171. The molecule has 1 aromatic heterocycles. The molecule has 0 amide bonds. The normalized spacial score (nSPS) is 16.4. The third-order valence-corrected chi connectivity index (χ3v) is 2.36. The second-order valence-electron chi connectivity index (χ2n) is 3.59. The molecule has 64 valence electrons. The van der Waals surface area contributed by atoms with Crippen molar-refractivity contribution in [2.75, 3.05) is 0 Å². The Kier molecular flexibility index (Phi) is 1.75. The monoisotopic (exact) mass is 163 g/mol. The van der Waals surface area contributed by atoms with Crippen molar-refractivity contribution in [3.8, 4) is 0 Å². The summed E-state index contributed by atoms with van der Waals surface area (Å²) in [4.78, 5) is 11.5. The largest absolute Gasteiger partial charge is 0.315 e. The molecule has 2 nitrogen and oxygen atoms in total. The van der Waals surface area contributed by atoms with E-state index >= 15 is 0 Å². The second kappa shape index (κ2) is 2.77. The van der Waals surface area contributed by atoms with Gasteiger partial charge in [-0.3, -0.25) is 4.79 Å². The fourth-order valence-electron chi connectivity index (χ4n) is 1.38. The van der Waals surface area contributed by atoms with E-state index in [1.165, 1.54) is 12.8 Å². The van der Waals surface area contributed by atoms with E-state index in [1.807, 2.05) is 29.8 Å². The van der Waals surface area contributed by atoms with Gasteiger partial charge in [0, 0.05) is 18.3 Å². The van der Waals surface area contributed by atoms with E-state index in [9.17, 15) is 4.79 Å². The van der Waals surface area contributed by atoms with Gasteiger partial charge in [-0.15, -0.1) is 0 Å². The Morgan fingerprint density at radius 1 is 1.58 bits per heavy atom. The van der Waals surface area contributed by atoms with Crippen LogP contribution in [-0.2, 0) is 6.54 Å². The van der Waals surface area contributed by atoms with E-state index in [0.717, 1.165) is 18.0 Å². The van der Waals surface area contributed by atoms with E-state index in [2.05, 4.69) is 0 Å². The molecular weight excluding hydrogens is 150 g/mol. The summed E-state index contributed by atoms with van der Waals surface area (Å²) in [7, 11) is 0. The number of aryl methyl sites for hydroxylation is 1. The molecule has 0 radical (unpaired) electrons. The molecule has 1 aliphatic carbocycles. The quantitative estimate of drug-likeness (QED) is 0.648. The second-order valence-corrected chi connectivity index (χ2v) is 3.59. The average Bonchev–Trinajstić information content (AvgIpc) is 2.83. The van der Waals surface area contributed by atoms with Gasteiger partial charge < -0.3 is 4.57 Å². The zero-order chi connectivity index (χ0) is 8.55. The number of nitrogens with zero attached hydrogens (tertiary/aromatic N) is 1. The molecule has 12 heavy (non-hydrogen) atoms. The van der Waals surface area contributed by atoms with Gasteiger partial charge in [-0.25, -0.2) is 0 Å². The van der Waals surface area contributed by atoms with Crippen LogP contribution in [0.25, 0.3) is 0 Å². The van der Waals surface area contributed by atoms with Gasteiger partial charge >= 0.3 is 0 Å². The molecule has 1 aromatic rings. The summed E-state index contributed by atoms with van der Waals surface area (Å²) in [5, 5.41) is 0. The smallest absolute Gasteiger partial charge is 0.253 e. The van der Waals surface area contributed by atoms with Crippen molar-refractivity contribution in [2.45, 2.75) is 26.3 Å². The van der Waals surface area contributed by atoms with Crippen LogP contribution in [0.3, 0.4) is 0 Å². The van der Waals surface area contributed by atoms with Crippen LogP contribution in [0.5, 0.6) is 0 Å². The first-order valence-corrected chi connectivity index (χ1v) is 4.43. The molecule has 1 heterocycles. The minimum atomic E-state index is 0.171. The molecule has 0 atom stereocenters. The highest BCUT2D eigenvalue weighted by atomic mass is 16.1. The topological polar surface area (TPSA) is 22.0 Å². The molecule has 1 aliphatic rings. The minimum Gasteiger partial charge on any atom is -0.315 e. The predicted octanol–water partition coefficient (Wildman–Crippen LogP) is 1.57. The van der Waals surface area contributed by atoms with Crippen molar-refractivity contribution in [1.82, 2.24) is 4.57 Å². The van der Waals surface area contributed by atoms with Crippen LogP contribution in [-0.4, -0.2) is 4.57 Å². The highest BCUT2D eigenvalue weighted by Gasteiger charge is 2.21. The molecule has 0 N–H and O–H groups in total. The van der Waals surface area contributed by atoms with Crippen LogP contribution >= 0.6 is 0 Å². The first-order valence-electron chi connectivity index (χ1n) is 4.43. The summed E-state index contributed by atoms with van der Waals surface area (Å²) in [5.74, 6) is 0.768. The van der Waals surface area contributed by atoms with Crippen LogP contribution < -0.4 is 5.56 Å². The summed E-state index contributed by atoms with van der Waals surface area (Å²) >= 11 is 0. The fraction of sp³-hybridized carbons (Fsp3) is 0.500. The Bertz CT molecular complexity index is 336. The molecule has 2 heteroatoms. The molecule has 0 unspecified atom stereocenters. The Labute approximate surface area is 71.8 Å². The first kappa shape index (κ1) is 7.59. The number of hydrogen-bond donors (Lipinski definition) is 0. The standard InChI is InChI=1S/C10H13NO/c1-8-3-2-6-11(10(8)12)7-9-4-5-9/h2-3,6,9H,4-5,7H2,1H3. The van der Waals surface area contributed by atoms with E-state index in [-0.39, 0.29) is 5.56 Å². The SMILES string of the molecule is Cc1cccn(CC2CC2)c1=O. The maximum Gasteiger partial charge on any atom is 0.253 e. The van der Waals surface area contributed by atoms with Crippen molar-refractivity contribution < 1.29 is 0 Å². The lowest BCUT2D eigenvalue weighted by atomic mass is 10.3. The summed E-state index contributed by atoms with van der Waals surface area (Å²) in [6.07, 6.45) is 4.47. The van der Waals surface area contributed by atoms with Crippen molar-refractivity contribution in [2.24, 2.45) is 5.92 Å². The Balaban J connectivity index is 2.29. The summed E-state index contributed by atoms with van der Waals surface area (Å²) in [6, 6.07) is 3.81. The molecule has 0 bridgehead atoms. The maximum absolute atomic E-state index is 11.5. The van der Waals surface area contributed by atoms with Gasteiger partial charge in [0.15, 0.2) is 0 Å². The number of hydrogen-bond acceptors (Lipinski definition) is 1. The summed E-state index contributed by atoms with van der Waals surface area (Å²) < 4.78 is 1.83. The van der Waals surface area contributed by atoms with Gasteiger partial charge in [-0.2, -0.15) is 0 Å². The zero-order valence-corrected chi connectivity index (χ0v) is 7.29. The summed E-state index contributed by atoms with van der Waals surface area (Å²) in [6.45, 7) is 2.78. The van der Waals surface area contributed by atoms with Gasteiger partial charge in [0.2, 0.25) is 0 Å². The third kappa shape index (κ3) is 1.42. The first-order chi connectivity index (χ1) is 5.77. The van der Waals surface area contributed by atoms with Crippen LogP contribution in [0, 0.1) is 12.8 Å². The Morgan fingerprint density at radius 3 is 3.00 bits per heavy atom. The predicted molar refractivity (Wildman–Crippen MR) is 48.2 cm³/mol. The van der Waals surface area contributed by atoms with Crippen LogP contribution in [0.1, 0.15) is 18.4 Å². The number of pyridine rings is 1. The van der Waals surface area contributed by atoms with Crippen molar-refractivity contribution in [3.63, 3.8) is 0 Å². The lowest BCUT2D eigenvalue weighted by molar-refractivity contribution is 0.604. The maximum atomic E-state index is 11.5. The molecule has 0 aliphatic heterocycles. The molecular formula is C10H13NO. The van der Waals surface area contributed by atoms with E-state index < -0.39 is 0 Å². The molecule has 0 spiro atoms. The summed E-state index contributed by atoms with van der Waals surface area (Å²) in [5.41, 5.74) is 1.02. The molecule has 1 fully saturated rings. The number of rotatable bonds is 2. The van der Waals surface area contributed by atoms with E-state index in [4.69, 9.17) is 0 Å². The Morgan fingerprint density at radius 2 is 2.33 bits per heavy atom. The highest BCUT2D eigenvalue weighted by Crippen LogP contribution is 2.29. The fourth-order valence-corrected chi connectivity index (χ4v) is 1.38. The van der Waals surface area contributed by atoms with Crippen LogP contribution in [0.15, 0.2) is 23.1 Å². The Hall–Kier alpha value is -1.05. The van der Waals surface area contributed by atoms with Crippen molar-refractivity contribution >= 4 is 0 Å². The van der Waals surface area contributed by atoms with Crippen LogP contribution in [0.4, 0.5) is 0 Å². The molecule has 0 saturated heterocycles. The number of aromatic nitrogens is 1. The molecule has 1 saturated carbocycles. The highest BCUT2D eigenvalue weighted by molar-refractivity contribution is 5.07. The van der Waals surface area contributed by atoms with Crippen LogP contribution in [0.2, 0.25) is 0 Å². The van der Waals surface area contributed by atoms with Gasteiger partial charge in [0.25, 0.3) is 5.56 Å². The molecule has 0 aromatic carbocycles. The van der Waals surface area contributed by atoms with E-state index in [1.54, 1.807) is 0 Å². The van der Waals surface area contributed by atoms with Gasteiger partial charge in [0.05, 0.1) is 0 Å². The van der Waals surface area contributed by atoms with Crippen molar-refractivity contribution in [3.05, 3.63) is 34.2 Å². The molecule has 2 rings (SSSR count). The van der Waals surface area contributed by atoms with Crippen molar-refractivity contribution in [1.29, 1.82) is 0 Å².